The average molecular weight is 330 g/mol. The highest BCUT2D eigenvalue weighted by molar-refractivity contribution is 5.97. The van der Waals surface area contributed by atoms with Crippen LogP contribution in [0.15, 0.2) is 24.3 Å². The molecule has 0 aliphatic heterocycles. The molecule has 1 rings (SSSR count). The van der Waals surface area contributed by atoms with Gasteiger partial charge in [0.2, 0.25) is 5.91 Å². The first-order valence-electron chi connectivity index (χ1n) is 6.94. The highest BCUT2D eigenvalue weighted by Crippen LogP contribution is 2.29. The van der Waals surface area contributed by atoms with E-state index in [-0.39, 0.29) is 30.6 Å². The summed E-state index contributed by atoms with van der Waals surface area (Å²) in [7, 11) is 0. The van der Waals surface area contributed by atoms with Crippen LogP contribution < -0.4 is 11.1 Å². The van der Waals surface area contributed by atoms with Crippen molar-refractivity contribution in [3.8, 4) is 0 Å². The van der Waals surface area contributed by atoms with Crippen LogP contribution >= 0.6 is 0 Å². The van der Waals surface area contributed by atoms with Gasteiger partial charge in [-0.2, -0.15) is 13.2 Å². The molecule has 0 spiro atoms. The minimum absolute atomic E-state index is 0.00665. The maximum Gasteiger partial charge on any atom is 0.416 e. The molecule has 5 nitrogen and oxygen atoms in total. The molecule has 1 aromatic carbocycles. The van der Waals surface area contributed by atoms with E-state index in [0.29, 0.717) is 6.07 Å². The van der Waals surface area contributed by atoms with Gasteiger partial charge < -0.3 is 11.1 Å². The van der Waals surface area contributed by atoms with E-state index in [1.165, 1.54) is 6.07 Å². The number of hydrogen-bond acceptors (Lipinski definition) is 3. The van der Waals surface area contributed by atoms with E-state index in [0.717, 1.165) is 12.1 Å². The van der Waals surface area contributed by atoms with E-state index >= 15 is 0 Å². The van der Waals surface area contributed by atoms with Crippen LogP contribution in [0.5, 0.6) is 0 Å². The Balaban J connectivity index is 2.83. The minimum atomic E-state index is -4.58. The van der Waals surface area contributed by atoms with Crippen molar-refractivity contribution in [1.29, 1.82) is 0 Å². The van der Waals surface area contributed by atoms with Gasteiger partial charge in [-0.25, -0.2) is 0 Å². The molecule has 2 amide bonds. The molecule has 1 atom stereocenters. The molecule has 0 aliphatic rings. The Morgan fingerprint density at radius 3 is 2.43 bits per heavy atom. The summed E-state index contributed by atoms with van der Waals surface area (Å²) in [5.74, 6) is -1.82. The zero-order valence-corrected chi connectivity index (χ0v) is 12.4. The number of alkyl halides is 3. The molecule has 0 saturated carbocycles. The number of benzene rings is 1. The van der Waals surface area contributed by atoms with Gasteiger partial charge in [0.25, 0.3) is 5.91 Å². The Morgan fingerprint density at radius 1 is 1.26 bits per heavy atom. The largest absolute Gasteiger partial charge is 0.416 e. The lowest BCUT2D eigenvalue weighted by Crippen LogP contribution is -2.44. The van der Waals surface area contributed by atoms with Gasteiger partial charge in [-0.3, -0.25) is 14.4 Å². The van der Waals surface area contributed by atoms with Gasteiger partial charge in [-0.05, 0) is 24.6 Å². The molecule has 126 valence electrons. The normalized spacial score (nSPS) is 12.5. The molecule has 0 aliphatic carbocycles. The maximum atomic E-state index is 12.6. The summed E-state index contributed by atoms with van der Waals surface area (Å²) in [5.41, 5.74) is 3.93. The number of carbonyl (C=O) groups is 3. The predicted molar refractivity (Wildman–Crippen MR) is 76.4 cm³/mol. The van der Waals surface area contributed by atoms with Gasteiger partial charge in [-0.15, -0.1) is 0 Å². The minimum Gasteiger partial charge on any atom is -0.368 e. The number of nitrogens with one attached hydrogen (secondary N) is 1. The smallest absolute Gasteiger partial charge is 0.368 e. The third-order valence-corrected chi connectivity index (χ3v) is 3.21. The summed E-state index contributed by atoms with van der Waals surface area (Å²) in [6.45, 7) is 1.66. The van der Waals surface area contributed by atoms with Crippen molar-refractivity contribution in [3.63, 3.8) is 0 Å². The molecular formula is C15H17F3N2O3. The lowest BCUT2D eigenvalue weighted by molar-refractivity contribution is -0.137. The van der Waals surface area contributed by atoms with E-state index < -0.39 is 29.6 Å². The fourth-order valence-electron chi connectivity index (χ4n) is 1.85. The maximum absolute atomic E-state index is 12.6. The van der Waals surface area contributed by atoms with Crippen LogP contribution in [0.25, 0.3) is 0 Å². The molecule has 0 fully saturated rings. The van der Waals surface area contributed by atoms with E-state index in [9.17, 15) is 27.6 Å². The number of nitrogens with two attached hydrogens (primary N) is 1. The van der Waals surface area contributed by atoms with Crippen LogP contribution in [0.1, 0.15) is 42.1 Å². The van der Waals surface area contributed by atoms with Gasteiger partial charge in [0.05, 0.1) is 5.56 Å². The van der Waals surface area contributed by atoms with Crippen molar-refractivity contribution < 1.29 is 27.6 Å². The number of Topliss-reactive ketones (excluding diaryl/α,β-unsaturated/α-hetero) is 1. The molecule has 8 heteroatoms. The Morgan fingerprint density at radius 2 is 1.91 bits per heavy atom. The second-order valence-electron chi connectivity index (χ2n) is 4.94. The SMILES string of the molecule is CCC(=O)CC[C@@H](NC(=O)c1cccc(C(F)(F)F)c1)C(N)=O. The summed E-state index contributed by atoms with van der Waals surface area (Å²) >= 11 is 0. The van der Waals surface area contributed by atoms with E-state index in [4.69, 9.17) is 5.73 Å². The first kappa shape index (κ1) is 18.7. The number of ketones is 1. The fourth-order valence-corrected chi connectivity index (χ4v) is 1.85. The lowest BCUT2D eigenvalue weighted by Gasteiger charge is -2.15. The zero-order chi connectivity index (χ0) is 17.6. The molecular weight excluding hydrogens is 313 g/mol. The van der Waals surface area contributed by atoms with Crippen LogP contribution in [-0.2, 0) is 15.8 Å². The van der Waals surface area contributed by atoms with Crippen molar-refractivity contribution in [2.45, 2.75) is 38.4 Å². The van der Waals surface area contributed by atoms with Crippen LogP contribution in [0, 0.1) is 0 Å². The summed E-state index contributed by atoms with van der Waals surface area (Å²) in [6.07, 6.45) is -4.24. The molecule has 1 aromatic rings. The van der Waals surface area contributed by atoms with Gasteiger partial charge in [0.15, 0.2) is 0 Å². The second-order valence-corrected chi connectivity index (χ2v) is 4.94. The summed E-state index contributed by atoms with van der Waals surface area (Å²) in [4.78, 5) is 34.6. The van der Waals surface area contributed by atoms with Gasteiger partial charge >= 0.3 is 6.18 Å². The topological polar surface area (TPSA) is 89.3 Å². The second kappa shape index (κ2) is 7.75. The summed E-state index contributed by atoms with van der Waals surface area (Å²) in [5, 5.41) is 2.26. The molecule has 0 bridgehead atoms. The van der Waals surface area contributed by atoms with Crippen molar-refractivity contribution in [3.05, 3.63) is 35.4 Å². The number of rotatable bonds is 7. The van der Waals surface area contributed by atoms with Crippen molar-refractivity contribution in [1.82, 2.24) is 5.32 Å². The summed E-state index contributed by atoms with van der Waals surface area (Å²) in [6, 6.07) is 2.69. The zero-order valence-electron chi connectivity index (χ0n) is 12.4. The quantitative estimate of drug-likeness (QED) is 0.802. The lowest BCUT2D eigenvalue weighted by atomic mass is 10.1. The van der Waals surface area contributed by atoms with Gasteiger partial charge in [0, 0.05) is 18.4 Å². The van der Waals surface area contributed by atoms with Gasteiger partial charge in [0.1, 0.15) is 11.8 Å². The van der Waals surface area contributed by atoms with Crippen LogP contribution in [0.4, 0.5) is 13.2 Å². The molecule has 0 saturated heterocycles. The van der Waals surface area contributed by atoms with Crippen LogP contribution in [-0.4, -0.2) is 23.6 Å². The van der Waals surface area contributed by atoms with E-state index in [1.807, 2.05) is 0 Å². The third-order valence-electron chi connectivity index (χ3n) is 3.21. The molecule has 0 unspecified atom stereocenters. The van der Waals surface area contributed by atoms with E-state index in [2.05, 4.69) is 5.32 Å². The molecule has 23 heavy (non-hydrogen) atoms. The highest BCUT2D eigenvalue weighted by Gasteiger charge is 2.31. The molecule has 3 N–H and O–H groups in total. The van der Waals surface area contributed by atoms with E-state index in [1.54, 1.807) is 6.92 Å². The van der Waals surface area contributed by atoms with Crippen molar-refractivity contribution >= 4 is 17.6 Å². The van der Waals surface area contributed by atoms with Crippen molar-refractivity contribution in [2.75, 3.05) is 0 Å². The first-order chi connectivity index (χ1) is 10.6. The number of primary amides is 1. The number of hydrogen-bond donors (Lipinski definition) is 2. The van der Waals surface area contributed by atoms with Crippen LogP contribution in [0.2, 0.25) is 0 Å². The monoisotopic (exact) mass is 330 g/mol. The molecule has 0 radical (unpaired) electrons. The summed E-state index contributed by atoms with van der Waals surface area (Å²) < 4.78 is 37.9. The van der Waals surface area contributed by atoms with Gasteiger partial charge in [-0.1, -0.05) is 13.0 Å². The number of halogens is 3. The Labute approximate surface area is 131 Å². The van der Waals surface area contributed by atoms with Crippen LogP contribution in [0.3, 0.4) is 0 Å². The standard InChI is InChI=1S/C15H17F3N2O3/c1-2-11(21)6-7-12(13(19)22)20-14(23)9-4-3-5-10(8-9)15(16,17)18/h3-5,8,12H,2,6-7H2,1H3,(H2,19,22)(H,20,23)/t12-/m1/s1. The Hall–Kier alpha value is -2.38. The number of carbonyl (C=O) groups excluding carboxylic acids is 3. The predicted octanol–water partition coefficient (Wildman–Crippen LogP) is 2.05. The molecule has 0 aromatic heterocycles. The third kappa shape index (κ3) is 5.72. The highest BCUT2D eigenvalue weighted by atomic mass is 19.4. The number of amides is 2. The van der Waals surface area contributed by atoms with Crippen molar-refractivity contribution in [2.24, 2.45) is 5.73 Å². The first-order valence-corrected chi connectivity index (χ1v) is 6.94. The fraction of sp³-hybridized carbons (Fsp3) is 0.400. The average Bonchev–Trinajstić information content (AvgIpc) is 2.49. The Kier molecular flexibility index (Phi) is 6.29. The Bertz CT molecular complexity index is 600. The molecule has 0 heterocycles.